The topological polar surface area (TPSA) is 78.1 Å². The molecule has 6 nitrogen and oxygen atoms in total. The van der Waals surface area contributed by atoms with Crippen molar-refractivity contribution in [2.24, 2.45) is 0 Å². The van der Waals surface area contributed by atoms with Crippen molar-refractivity contribution in [2.75, 3.05) is 0 Å². The highest BCUT2D eigenvalue weighted by molar-refractivity contribution is 7.43. The molecule has 0 saturated heterocycles. The molecule has 9 heteroatoms. The maximum absolute atomic E-state index is 14.2. The average molecular weight is 655 g/mol. The SMILES string of the molecule is CC(C)c1cccc(C(C)C)c1-n1c(=O)c2sc3c4sc5c(=O)n(-c6c(C(C)C)cccc6C(C)C)c(=O)c5c4sc3c2c1=O. The van der Waals surface area contributed by atoms with Crippen LogP contribution in [0.3, 0.4) is 0 Å². The third-order valence-electron chi connectivity index (χ3n) is 8.90. The summed E-state index contributed by atoms with van der Waals surface area (Å²) in [7, 11) is 0. The first-order valence-electron chi connectivity index (χ1n) is 15.4. The van der Waals surface area contributed by atoms with Gasteiger partial charge in [-0.2, -0.15) is 0 Å². The second kappa shape index (κ2) is 10.4. The molecular formula is C36H34N2O4S3. The molecule has 0 atom stereocenters. The molecule has 0 fully saturated rings. The molecule has 5 aromatic heterocycles. The van der Waals surface area contributed by atoms with Crippen molar-refractivity contribution < 1.29 is 0 Å². The number of hydrogen-bond acceptors (Lipinski definition) is 7. The third-order valence-corrected chi connectivity index (χ3v) is 12.9. The Morgan fingerprint density at radius 2 is 0.711 bits per heavy atom. The molecule has 0 spiro atoms. The zero-order valence-corrected chi connectivity index (χ0v) is 29.0. The van der Waals surface area contributed by atoms with Crippen LogP contribution in [0.2, 0.25) is 0 Å². The average Bonchev–Trinajstić information content (AvgIpc) is 3.73. The number of hydrogen-bond donors (Lipinski definition) is 0. The predicted molar refractivity (Wildman–Crippen MR) is 193 cm³/mol. The highest BCUT2D eigenvalue weighted by Gasteiger charge is 2.30. The van der Waals surface area contributed by atoms with E-state index in [-0.39, 0.29) is 45.9 Å². The molecule has 0 saturated carbocycles. The lowest BCUT2D eigenvalue weighted by atomic mass is 9.92. The van der Waals surface area contributed by atoms with Gasteiger partial charge in [0.05, 0.1) is 40.9 Å². The van der Waals surface area contributed by atoms with E-state index in [0.717, 1.165) is 41.1 Å². The molecule has 0 amide bonds. The van der Waals surface area contributed by atoms with E-state index in [0.29, 0.717) is 31.5 Å². The van der Waals surface area contributed by atoms with Gasteiger partial charge in [0.1, 0.15) is 9.40 Å². The van der Waals surface area contributed by atoms with Crippen molar-refractivity contribution in [3.05, 3.63) is 100 Å². The lowest BCUT2D eigenvalue weighted by molar-refractivity contribution is 0.795. The van der Waals surface area contributed by atoms with E-state index in [2.05, 4.69) is 55.4 Å². The van der Waals surface area contributed by atoms with Gasteiger partial charge >= 0.3 is 0 Å². The Hall–Kier alpha value is -3.66. The van der Waals surface area contributed by atoms with Crippen molar-refractivity contribution in [1.82, 2.24) is 9.13 Å². The summed E-state index contributed by atoms with van der Waals surface area (Å²) in [5, 5.41) is 0.826. The Balaban J connectivity index is 1.53. The predicted octanol–water partition coefficient (Wildman–Crippen LogP) is 8.88. The van der Waals surface area contributed by atoms with Gasteiger partial charge in [0.25, 0.3) is 22.2 Å². The molecule has 0 radical (unpaired) electrons. The normalized spacial score (nSPS) is 12.7. The molecular weight excluding hydrogens is 621 g/mol. The molecule has 0 N–H and O–H groups in total. The van der Waals surface area contributed by atoms with Gasteiger partial charge in [0.2, 0.25) is 0 Å². The molecule has 45 heavy (non-hydrogen) atoms. The van der Waals surface area contributed by atoms with E-state index < -0.39 is 0 Å². The van der Waals surface area contributed by atoms with Crippen LogP contribution in [0, 0.1) is 0 Å². The van der Waals surface area contributed by atoms with Gasteiger partial charge in [0, 0.05) is 0 Å². The Labute approximate surface area is 271 Å². The molecule has 0 aliphatic carbocycles. The van der Waals surface area contributed by atoms with Crippen LogP contribution in [0.1, 0.15) is 101 Å². The highest BCUT2D eigenvalue weighted by atomic mass is 32.1. The number of thiophene rings is 3. The Morgan fingerprint density at radius 3 is 1.00 bits per heavy atom. The number of nitrogens with zero attached hydrogens (tertiary/aromatic N) is 2. The van der Waals surface area contributed by atoms with Crippen molar-refractivity contribution in [3.63, 3.8) is 0 Å². The van der Waals surface area contributed by atoms with Gasteiger partial charge < -0.3 is 0 Å². The molecule has 0 unspecified atom stereocenters. The first-order chi connectivity index (χ1) is 21.3. The fraction of sp³-hybridized carbons (Fsp3) is 0.333. The van der Waals surface area contributed by atoms with Crippen molar-refractivity contribution >= 4 is 73.0 Å². The minimum atomic E-state index is -0.321. The molecule has 2 aromatic carbocycles. The second-order valence-corrected chi connectivity index (χ2v) is 16.2. The van der Waals surface area contributed by atoms with E-state index in [9.17, 15) is 19.2 Å². The first-order valence-corrected chi connectivity index (χ1v) is 17.8. The summed E-state index contributed by atoms with van der Waals surface area (Å²) < 4.78 is 6.65. The van der Waals surface area contributed by atoms with Crippen LogP contribution < -0.4 is 22.2 Å². The molecule has 0 bridgehead atoms. The standard InChI is InChI=1S/C36H34N2O4S3/c1-15(2)19-11-9-12-20(16(3)4)25(19)37-33(39)23-27-31(44-29(23)35(37)41)32-28(43-27)24-30(45-32)36(42)38(34(24)40)26-21(17(5)6)13-10-14-22(26)18(7)8/h9-18H,1-8H3. The number of fused-ring (bicyclic) bond motifs is 7. The Morgan fingerprint density at radius 1 is 0.422 bits per heavy atom. The van der Waals surface area contributed by atoms with Crippen LogP contribution in [0.25, 0.3) is 50.3 Å². The molecule has 7 rings (SSSR count). The first kappa shape index (κ1) is 30.0. The second-order valence-electron chi connectivity index (χ2n) is 13.1. The highest BCUT2D eigenvalue weighted by Crippen LogP contribution is 2.48. The summed E-state index contributed by atoms with van der Waals surface area (Å²) in [6, 6.07) is 12.0. The summed E-state index contributed by atoms with van der Waals surface area (Å²) in [5.74, 6) is 0.486. The van der Waals surface area contributed by atoms with Crippen LogP contribution in [-0.4, -0.2) is 9.13 Å². The van der Waals surface area contributed by atoms with Crippen LogP contribution in [0.4, 0.5) is 0 Å². The summed E-state index contributed by atoms with van der Waals surface area (Å²) in [4.78, 5) is 56.4. The van der Waals surface area contributed by atoms with Gasteiger partial charge in [-0.05, 0) is 45.9 Å². The number of para-hydroxylation sites is 2. The molecule has 7 aromatic rings. The van der Waals surface area contributed by atoms with E-state index in [1.165, 1.54) is 43.1 Å². The van der Waals surface area contributed by atoms with Crippen LogP contribution in [0.5, 0.6) is 0 Å². The van der Waals surface area contributed by atoms with Crippen molar-refractivity contribution in [1.29, 1.82) is 0 Å². The monoisotopic (exact) mass is 654 g/mol. The van der Waals surface area contributed by atoms with E-state index >= 15 is 0 Å². The van der Waals surface area contributed by atoms with Crippen LogP contribution in [-0.2, 0) is 0 Å². The van der Waals surface area contributed by atoms with Gasteiger partial charge in [-0.15, -0.1) is 34.0 Å². The minimum absolute atomic E-state index is 0.121. The van der Waals surface area contributed by atoms with Gasteiger partial charge in [-0.25, -0.2) is 9.13 Å². The quantitative estimate of drug-likeness (QED) is 0.179. The molecule has 5 heterocycles. The van der Waals surface area contributed by atoms with Gasteiger partial charge in [-0.1, -0.05) is 91.8 Å². The van der Waals surface area contributed by atoms with E-state index in [1.54, 1.807) is 0 Å². The maximum Gasteiger partial charge on any atom is 0.276 e. The molecule has 0 aliphatic rings. The summed E-state index contributed by atoms with van der Waals surface area (Å²) in [5.41, 5.74) is 3.98. The maximum atomic E-state index is 14.2. The molecule has 230 valence electrons. The fourth-order valence-corrected chi connectivity index (χ4v) is 11.0. The lowest BCUT2D eigenvalue weighted by Gasteiger charge is -2.19. The fourth-order valence-electron chi connectivity index (χ4n) is 6.67. The van der Waals surface area contributed by atoms with Crippen LogP contribution >= 0.6 is 34.0 Å². The van der Waals surface area contributed by atoms with Crippen LogP contribution in [0.15, 0.2) is 55.6 Å². The number of aromatic nitrogens is 2. The van der Waals surface area contributed by atoms with E-state index in [4.69, 9.17) is 0 Å². The summed E-state index contributed by atoms with van der Waals surface area (Å²) >= 11 is 3.96. The van der Waals surface area contributed by atoms with E-state index in [1.807, 2.05) is 36.4 Å². The summed E-state index contributed by atoms with van der Waals surface area (Å²) in [6.07, 6.45) is 0. The lowest BCUT2D eigenvalue weighted by Crippen LogP contribution is -2.26. The third kappa shape index (κ3) is 4.09. The van der Waals surface area contributed by atoms with Crippen molar-refractivity contribution in [3.8, 4) is 11.4 Å². The van der Waals surface area contributed by atoms with Gasteiger partial charge in [-0.3, -0.25) is 19.2 Å². The minimum Gasteiger partial charge on any atom is -0.268 e. The Bertz CT molecular complexity index is 2310. The summed E-state index contributed by atoms with van der Waals surface area (Å²) in [6.45, 7) is 16.6. The zero-order chi connectivity index (χ0) is 32.2. The number of rotatable bonds is 6. The van der Waals surface area contributed by atoms with Gasteiger partial charge in [0.15, 0.2) is 0 Å². The smallest absolute Gasteiger partial charge is 0.268 e. The number of benzene rings is 2. The molecule has 0 aliphatic heterocycles. The largest absolute Gasteiger partial charge is 0.276 e. The zero-order valence-electron chi connectivity index (χ0n) is 26.5. The van der Waals surface area contributed by atoms with Crippen molar-refractivity contribution in [2.45, 2.75) is 79.1 Å². The Kier molecular flexibility index (Phi) is 6.96.